The lowest BCUT2D eigenvalue weighted by molar-refractivity contribution is -0.0542. The van der Waals surface area contributed by atoms with Gasteiger partial charge in [0.15, 0.2) is 0 Å². The fourth-order valence-electron chi connectivity index (χ4n) is 0.542. The highest BCUT2D eigenvalue weighted by molar-refractivity contribution is 7.87. The molecule has 0 atom stereocenters. The summed E-state index contributed by atoms with van der Waals surface area (Å²) in [5.74, 6) is 0. The van der Waals surface area contributed by atoms with Gasteiger partial charge in [-0.15, -0.1) is 0 Å². The molecule has 0 amide bonds. The van der Waals surface area contributed by atoms with Crippen LogP contribution in [0.15, 0.2) is 0 Å². The lowest BCUT2D eigenvalue weighted by atomic mass is 10.3. The number of nitriles is 1. The van der Waals surface area contributed by atoms with Crippen molar-refractivity contribution in [1.29, 1.82) is 5.26 Å². The van der Waals surface area contributed by atoms with E-state index in [0.29, 0.717) is 6.42 Å². The number of rotatable bonds is 5. The summed E-state index contributed by atoms with van der Waals surface area (Å²) >= 11 is 0. The Bertz CT molecular complexity index is 303. The van der Waals surface area contributed by atoms with E-state index >= 15 is 0 Å². The third-order valence-electron chi connectivity index (χ3n) is 1.20. The van der Waals surface area contributed by atoms with Crippen LogP contribution >= 0.6 is 0 Å². The van der Waals surface area contributed by atoms with Crippen LogP contribution in [0, 0.1) is 11.3 Å². The zero-order chi connectivity index (χ0) is 11.2. The number of halogens is 3. The summed E-state index contributed by atoms with van der Waals surface area (Å²) < 4.78 is 59.2. The van der Waals surface area contributed by atoms with E-state index in [-0.39, 0.29) is 12.8 Å². The van der Waals surface area contributed by atoms with E-state index in [0.717, 1.165) is 0 Å². The maximum absolute atomic E-state index is 11.6. The maximum Gasteiger partial charge on any atom is 0.523 e. The van der Waals surface area contributed by atoms with Crippen molar-refractivity contribution in [3.63, 3.8) is 0 Å². The molecule has 0 saturated heterocycles. The summed E-state index contributed by atoms with van der Waals surface area (Å²) in [5, 5.41) is 8.07. The molecule has 0 aromatic rings. The molecule has 0 aromatic carbocycles. The first-order chi connectivity index (χ1) is 6.31. The number of hydrogen-bond donors (Lipinski definition) is 0. The van der Waals surface area contributed by atoms with Crippen LogP contribution in [0.4, 0.5) is 13.2 Å². The highest BCUT2D eigenvalue weighted by Gasteiger charge is 2.47. The van der Waals surface area contributed by atoms with E-state index in [1.54, 1.807) is 6.07 Å². The molecular weight excluding hydrogens is 223 g/mol. The molecule has 0 aliphatic heterocycles. The van der Waals surface area contributed by atoms with Crippen LogP contribution in [-0.4, -0.2) is 20.5 Å². The van der Waals surface area contributed by atoms with Gasteiger partial charge in [0.1, 0.15) is 0 Å². The lowest BCUT2D eigenvalue weighted by Gasteiger charge is -2.07. The Morgan fingerprint density at radius 1 is 1.29 bits per heavy atom. The van der Waals surface area contributed by atoms with Crippen molar-refractivity contribution in [2.45, 2.75) is 24.8 Å². The Morgan fingerprint density at radius 3 is 2.29 bits per heavy atom. The van der Waals surface area contributed by atoms with E-state index < -0.39 is 22.2 Å². The smallest absolute Gasteiger partial charge is 0.263 e. The van der Waals surface area contributed by atoms with Crippen LogP contribution in [0.1, 0.15) is 19.3 Å². The summed E-state index contributed by atoms with van der Waals surface area (Å²) in [5.41, 5.74) is -5.37. The predicted octanol–water partition coefficient (Wildman–Crippen LogP) is 1.55. The zero-order valence-corrected chi connectivity index (χ0v) is 7.86. The monoisotopic (exact) mass is 231 g/mol. The van der Waals surface area contributed by atoms with E-state index in [4.69, 9.17) is 5.26 Å². The second-order valence-corrected chi connectivity index (χ2v) is 3.94. The van der Waals surface area contributed by atoms with E-state index in [9.17, 15) is 21.6 Å². The van der Waals surface area contributed by atoms with Gasteiger partial charge in [0, 0.05) is 6.42 Å². The molecular formula is C6H8F3NO3S. The van der Waals surface area contributed by atoms with Crippen molar-refractivity contribution in [1.82, 2.24) is 0 Å². The maximum atomic E-state index is 11.6. The fraction of sp³-hybridized carbons (Fsp3) is 0.833. The molecule has 8 heteroatoms. The van der Waals surface area contributed by atoms with Crippen LogP contribution in [0.5, 0.6) is 0 Å². The van der Waals surface area contributed by atoms with E-state index in [1.165, 1.54) is 0 Å². The van der Waals surface area contributed by atoms with Gasteiger partial charge in [0.2, 0.25) is 0 Å². The van der Waals surface area contributed by atoms with Crippen LogP contribution < -0.4 is 0 Å². The Hall–Kier alpha value is -0.810. The van der Waals surface area contributed by atoms with E-state index in [2.05, 4.69) is 4.18 Å². The molecule has 0 rings (SSSR count). The van der Waals surface area contributed by atoms with Crippen LogP contribution in [0.2, 0.25) is 0 Å². The quantitative estimate of drug-likeness (QED) is 0.409. The molecule has 0 fully saturated rings. The Labute approximate surface area is 79.4 Å². The largest absolute Gasteiger partial charge is 0.523 e. The van der Waals surface area contributed by atoms with Crippen molar-refractivity contribution >= 4 is 10.1 Å². The molecule has 0 aliphatic rings. The van der Waals surface area contributed by atoms with Gasteiger partial charge in [0.05, 0.1) is 12.7 Å². The normalized spacial score (nSPS) is 12.4. The Kier molecular flexibility index (Phi) is 4.87. The molecule has 82 valence electrons. The van der Waals surface area contributed by atoms with Gasteiger partial charge < -0.3 is 0 Å². The Morgan fingerprint density at radius 2 is 1.86 bits per heavy atom. The molecule has 0 saturated carbocycles. The number of alkyl halides is 3. The first kappa shape index (κ1) is 13.2. The second-order valence-electron chi connectivity index (χ2n) is 2.34. The molecule has 0 heterocycles. The molecule has 0 N–H and O–H groups in total. The summed E-state index contributed by atoms with van der Waals surface area (Å²) in [6.07, 6.45) is 0.572. The standard InChI is InChI=1S/C6H8F3NO3S/c7-6(8,9)14(11,12)13-5-3-1-2-4-10/h1-3,5H2. The van der Waals surface area contributed by atoms with Crippen molar-refractivity contribution < 1.29 is 25.8 Å². The minimum Gasteiger partial charge on any atom is -0.263 e. The average Bonchev–Trinajstić information content (AvgIpc) is 2.02. The van der Waals surface area contributed by atoms with E-state index in [1.807, 2.05) is 0 Å². The molecule has 0 bridgehead atoms. The summed E-state index contributed by atoms with van der Waals surface area (Å²) in [7, 11) is -5.47. The van der Waals surface area contributed by atoms with Gasteiger partial charge in [-0.25, -0.2) is 0 Å². The highest BCUT2D eigenvalue weighted by Crippen LogP contribution is 2.24. The van der Waals surface area contributed by atoms with Gasteiger partial charge in [0.25, 0.3) is 0 Å². The lowest BCUT2D eigenvalue weighted by Crippen LogP contribution is -2.25. The number of unbranched alkanes of at least 4 members (excludes halogenated alkanes) is 2. The molecule has 4 nitrogen and oxygen atoms in total. The SMILES string of the molecule is N#CCCCCOS(=O)(=O)C(F)(F)F. The van der Waals surface area contributed by atoms with Gasteiger partial charge in [-0.05, 0) is 12.8 Å². The van der Waals surface area contributed by atoms with Crippen molar-refractivity contribution in [3.05, 3.63) is 0 Å². The highest BCUT2D eigenvalue weighted by atomic mass is 32.2. The van der Waals surface area contributed by atoms with Crippen LogP contribution in [-0.2, 0) is 14.3 Å². The molecule has 0 aliphatic carbocycles. The van der Waals surface area contributed by atoms with Gasteiger partial charge in [-0.1, -0.05) is 0 Å². The molecule has 0 unspecified atom stereocenters. The second kappa shape index (κ2) is 5.17. The minimum absolute atomic E-state index is 0.100. The van der Waals surface area contributed by atoms with Gasteiger partial charge >= 0.3 is 15.6 Å². The van der Waals surface area contributed by atoms with Crippen molar-refractivity contribution in [3.8, 4) is 6.07 Å². The van der Waals surface area contributed by atoms with Crippen molar-refractivity contribution in [2.24, 2.45) is 0 Å². The van der Waals surface area contributed by atoms with Crippen molar-refractivity contribution in [2.75, 3.05) is 6.61 Å². The summed E-state index contributed by atoms with van der Waals surface area (Å²) in [6, 6.07) is 1.77. The third-order valence-corrected chi connectivity index (χ3v) is 2.25. The number of hydrogen-bond acceptors (Lipinski definition) is 4. The average molecular weight is 231 g/mol. The first-order valence-corrected chi connectivity index (χ1v) is 5.05. The number of nitrogens with zero attached hydrogens (tertiary/aromatic N) is 1. The molecule has 0 radical (unpaired) electrons. The van der Waals surface area contributed by atoms with Crippen LogP contribution in [0.3, 0.4) is 0 Å². The summed E-state index contributed by atoms with van der Waals surface area (Å²) in [6.45, 7) is -0.552. The molecule has 0 spiro atoms. The Balaban J connectivity index is 3.87. The predicted molar refractivity (Wildman–Crippen MR) is 40.4 cm³/mol. The summed E-state index contributed by atoms with van der Waals surface area (Å²) in [4.78, 5) is 0. The van der Waals surface area contributed by atoms with Crippen LogP contribution in [0.25, 0.3) is 0 Å². The minimum atomic E-state index is -5.47. The zero-order valence-electron chi connectivity index (χ0n) is 7.04. The third kappa shape index (κ3) is 4.43. The molecule has 0 aromatic heterocycles. The first-order valence-electron chi connectivity index (χ1n) is 3.64. The fourth-order valence-corrected chi connectivity index (χ4v) is 1.01. The molecule has 14 heavy (non-hydrogen) atoms. The topological polar surface area (TPSA) is 67.2 Å². The van der Waals surface area contributed by atoms with Gasteiger partial charge in [-0.2, -0.15) is 26.9 Å². The van der Waals surface area contributed by atoms with Gasteiger partial charge in [-0.3, -0.25) is 4.18 Å².